The Morgan fingerprint density at radius 3 is 2.67 bits per heavy atom. The minimum atomic E-state index is -0.280. The Morgan fingerprint density at radius 1 is 1.33 bits per heavy atom. The Kier molecular flexibility index (Phi) is 4.83. The van der Waals surface area contributed by atoms with Crippen molar-refractivity contribution in [2.24, 2.45) is 5.92 Å². The number of pyridine rings is 1. The molecule has 0 aliphatic heterocycles. The van der Waals surface area contributed by atoms with Crippen molar-refractivity contribution in [3.63, 3.8) is 0 Å². The van der Waals surface area contributed by atoms with E-state index in [0.717, 1.165) is 11.2 Å². The number of halogens is 1. The second-order valence-corrected chi connectivity index (χ2v) is 6.32. The second-order valence-electron chi connectivity index (χ2n) is 5.67. The van der Waals surface area contributed by atoms with Crippen LogP contribution in [0, 0.1) is 12.8 Å². The van der Waals surface area contributed by atoms with Gasteiger partial charge < -0.3 is 9.88 Å². The zero-order valence-corrected chi connectivity index (χ0v) is 13.6. The smallest absolute Gasteiger partial charge is 0.240 e. The van der Waals surface area contributed by atoms with Gasteiger partial charge in [0.2, 0.25) is 5.91 Å². The van der Waals surface area contributed by atoms with Crippen molar-refractivity contribution >= 4 is 28.7 Å². The minimum Gasteiger partial charge on any atom is -0.354 e. The van der Waals surface area contributed by atoms with Gasteiger partial charge in [-0.1, -0.05) is 13.8 Å². The summed E-state index contributed by atoms with van der Waals surface area (Å²) in [5.74, 6) is 1.04. The lowest BCUT2D eigenvalue weighted by molar-refractivity contribution is -0.121. The van der Waals surface area contributed by atoms with E-state index in [1.165, 1.54) is 0 Å². The fourth-order valence-corrected chi connectivity index (χ4v) is 2.26. The number of rotatable bonds is 5. The van der Waals surface area contributed by atoms with Crippen LogP contribution in [0.3, 0.4) is 0 Å². The van der Waals surface area contributed by atoms with E-state index in [1.54, 1.807) is 4.57 Å². The number of imidazole rings is 1. The molecule has 1 N–H and O–H groups in total. The molecule has 0 aromatic carbocycles. The maximum Gasteiger partial charge on any atom is 0.240 e. The molecule has 2 aromatic heterocycles. The molecule has 1 atom stereocenters. The van der Waals surface area contributed by atoms with Crippen LogP contribution in [-0.2, 0) is 11.3 Å². The van der Waals surface area contributed by atoms with Gasteiger partial charge in [-0.3, -0.25) is 4.79 Å². The third-order valence-electron chi connectivity index (χ3n) is 3.13. The summed E-state index contributed by atoms with van der Waals surface area (Å²) in [5, 5.41) is 2.63. The Balaban J connectivity index is 2.33. The first kappa shape index (κ1) is 15.8. The van der Waals surface area contributed by atoms with Crippen molar-refractivity contribution in [3.05, 3.63) is 23.7 Å². The molecule has 1 unspecified atom stereocenters. The van der Waals surface area contributed by atoms with Crippen LogP contribution in [0.2, 0.25) is 0 Å². The van der Waals surface area contributed by atoms with Gasteiger partial charge in [-0.05, 0) is 31.9 Å². The largest absolute Gasteiger partial charge is 0.354 e. The second kappa shape index (κ2) is 6.43. The summed E-state index contributed by atoms with van der Waals surface area (Å²) in [6.45, 7) is 8.72. The van der Waals surface area contributed by atoms with E-state index in [0.29, 0.717) is 23.9 Å². The van der Waals surface area contributed by atoms with Crippen LogP contribution in [0.15, 0.2) is 12.1 Å². The third-order valence-corrected chi connectivity index (χ3v) is 3.32. The van der Waals surface area contributed by atoms with Crippen LogP contribution in [0.4, 0.5) is 0 Å². The topological polar surface area (TPSA) is 59.8 Å². The lowest BCUT2D eigenvalue weighted by atomic mass is 10.2. The highest BCUT2D eigenvalue weighted by molar-refractivity contribution is 6.20. The van der Waals surface area contributed by atoms with Crippen molar-refractivity contribution in [3.8, 4) is 0 Å². The van der Waals surface area contributed by atoms with Crippen LogP contribution < -0.4 is 5.32 Å². The summed E-state index contributed by atoms with van der Waals surface area (Å²) < 4.78 is 1.80. The molecule has 5 nitrogen and oxygen atoms in total. The Labute approximate surface area is 129 Å². The molecule has 0 saturated heterocycles. The summed E-state index contributed by atoms with van der Waals surface area (Å²) in [4.78, 5) is 21.1. The van der Waals surface area contributed by atoms with Crippen LogP contribution in [0.25, 0.3) is 11.2 Å². The van der Waals surface area contributed by atoms with E-state index in [2.05, 4.69) is 29.1 Å². The number of alkyl halides is 1. The summed E-state index contributed by atoms with van der Waals surface area (Å²) in [6, 6.07) is 3.81. The molecule has 0 radical (unpaired) electrons. The maximum absolute atomic E-state index is 12.1. The molecule has 2 rings (SSSR count). The molecule has 1 amide bonds. The summed E-state index contributed by atoms with van der Waals surface area (Å²) in [7, 11) is 0. The highest BCUT2D eigenvalue weighted by Gasteiger charge is 2.18. The molecule has 6 heteroatoms. The van der Waals surface area contributed by atoms with E-state index in [4.69, 9.17) is 11.6 Å². The SMILES string of the molecule is Cc1ccc2nc(C(C)Cl)n(CC(=O)NCC(C)C)c2n1. The van der Waals surface area contributed by atoms with E-state index in [1.807, 2.05) is 26.0 Å². The van der Waals surface area contributed by atoms with Crippen molar-refractivity contribution < 1.29 is 4.79 Å². The number of carbonyl (C=O) groups excluding carboxylic acids is 1. The summed E-state index contributed by atoms with van der Waals surface area (Å²) in [6.07, 6.45) is 0. The number of aryl methyl sites for hydroxylation is 1. The Hall–Kier alpha value is -1.62. The lowest BCUT2D eigenvalue weighted by Gasteiger charge is -2.11. The molecule has 21 heavy (non-hydrogen) atoms. The van der Waals surface area contributed by atoms with Crippen molar-refractivity contribution in [2.75, 3.05) is 6.54 Å². The number of amides is 1. The van der Waals surface area contributed by atoms with Crippen molar-refractivity contribution in [1.82, 2.24) is 19.9 Å². The van der Waals surface area contributed by atoms with E-state index in [-0.39, 0.29) is 17.8 Å². The number of nitrogens with zero attached hydrogens (tertiary/aromatic N) is 3. The van der Waals surface area contributed by atoms with Crippen LogP contribution in [-0.4, -0.2) is 27.0 Å². The number of nitrogens with one attached hydrogen (secondary N) is 1. The predicted molar refractivity (Wildman–Crippen MR) is 84.4 cm³/mol. The van der Waals surface area contributed by atoms with Gasteiger partial charge in [0, 0.05) is 12.2 Å². The molecule has 0 aliphatic carbocycles. The highest BCUT2D eigenvalue weighted by atomic mass is 35.5. The van der Waals surface area contributed by atoms with Crippen LogP contribution in [0.5, 0.6) is 0 Å². The minimum absolute atomic E-state index is 0.0510. The van der Waals surface area contributed by atoms with Gasteiger partial charge in [-0.2, -0.15) is 0 Å². The molecule has 0 saturated carbocycles. The van der Waals surface area contributed by atoms with Crippen molar-refractivity contribution in [2.45, 2.75) is 39.6 Å². The standard InChI is InChI=1S/C15H21ClN4O/c1-9(2)7-17-13(21)8-20-14(11(4)16)19-12-6-5-10(3)18-15(12)20/h5-6,9,11H,7-8H2,1-4H3,(H,17,21). The maximum atomic E-state index is 12.1. The van der Waals surface area contributed by atoms with Gasteiger partial charge in [0.05, 0.1) is 5.38 Å². The van der Waals surface area contributed by atoms with E-state index < -0.39 is 0 Å². The number of carbonyl (C=O) groups is 1. The first-order valence-corrected chi connectivity index (χ1v) is 7.56. The summed E-state index contributed by atoms with van der Waals surface area (Å²) >= 11 is 6.19. The first-order chi connectivity index (χ1) is 9.88. The third kappa shape index (κ3) is 3.73. The number of hydrogen-bond donors (Lipinski definition) is 1. The number of fused-ring (bicyclic) bond motifs is 1. The van der Waals surface area contributed by atoms with Crippen LogP contribution in [0.1, 0.15) is 37.7 Å². The van der Waals surface area contributed by atoms with E-state index >= 15 is 0 Å². The summed E-state index contributed by atoms with van der Waals surface area (Å²) in [5.41, 5.74) is 2.36. The average Bonchev–Trinajstić information content (AvgIpc) is 2.75. The molecule has 0 spiro atoms. The Bertz CT molecular complexity index is 648. The lowest BCUT2D eigenvalue weighted by Crippen LogP contribution is -2.31. The van der Waals surface area contributed by atoms with Gasteiger partial charge in [-0.15, -0.1) is 11.6 Å². The average molecular weight is 309 g/mol. The molecular weight excluding hydrogens is 288 g/mol. The monoisotopic (exact) mass is 308 g/mol. The molecule has 114 valence electrons. The van der Waals surface area contributed by atoms with Gasteiger partial charge in [0.15, 0.2) is 5.65 Å². The van der Waals surface area contributed by atoms with Gasteiger partial charge in [0.25, 0.3) is 0 Å². The molecule has 2 heterocycles. The van der Waals surface area contributed by atoms with Crippen molar-refractivity contribution in [1.29, 1.82) is 0 Å². The van der Waals surface area contributed by atoms with Gasteiger partial charge in [-0.25, -0.2) is 9.97 Å². The first-order valence-electron chi connectivity index (χ1n) is 7.13. The quantitative estimate of drug-likeness (QED) is 0.864. The highest BCUT2D eigenvalue weighted by Crippen LogP contribution is 2.23. The molecule has 2 aromatic rings. The zero-order valence-electron chi connectivity index (χ0n) is 12.9. The predicted octanol–water partition coefficient (Wildman–Crippen LogP) is 2.81. The fourth-order valence-electron chi connectivity index (χ4n) is 2.09. The van der Waals surface area contributed by atoms with E-state index in [9.17, 15) is 4.79 Å². The number of aromatic nitrogens is 3. The zero-order chi connectivity index (χ0) is 15.6. The van der Waals surface area contributed by atoms with Crippen LogP contribution >= 0.6 is 11.6 Å². The van der Waals surface area contributed by atoms with Gasteiger partial charge in [0.1, 0.15) is 17.9 Å². The molecule has 0 fully saturated rings. The van der Waals surface area contributed by atoms with Gasteiger partial charge >= 0.3 is 0 Å². The normalized spacial score (nSPS) is 12.9. The number of hydrogen-bond acceptors (Lipinski definition) is 3. The molecule has 0 aliphatic rings. The molecular formula is C15H21ClN4O. The Morgan fingerprint density at radius 2 is 2.05 bits per heavy atom. The molecule has 0 bridgehead atoms. The fraction of sp³-hybridized carbons (Fsp3) is 0.533.